The number of ether oxygens (including phenoxy) is 1. The molecule has 4 nitrogen and oxygen atoms in total. The largest absolute Gasteiger partial charge is 0.496 e. The Bertz CT molecular complexity index is 506. The van der Waals surface area contributed by atoms with Crippen molar-refractivity contribution in [1.29, 1.82) is 0 Å². The number of aliphatic hydroxyl groups is 1. The van der Waals surface area contributed by atoms with Gasteiger partial charge >= 0.3 is 0 Å². The summed E-state index contributed by atoms with van der Waals surface area (Å²) in [6, 6.07) is 3.90. The fourth-order valence-corrected chi connectivity index (χ4v) is 2.89. The number of hydrogen-bond donors (Lipinski definition) is 1. The van der Waals surface area contributed by atoms with Crippen molar-refractivity contribution >= 4 is 5.91 Å². The average molecular weight is 295 g/mol. The fraction of sp³-hybridized carbons (Fsp3) is 0.562. The van der Waals surface area contributed by atoms with Crippen LogP contribution in [0.5, 0.6) is 5.75 Å². The Morgan fingerprint density at radius 1 is 1.43 bits per heavy atom. The Kier molecular flexibility index (Phi) is 5.17. The van der Waals surface area contributed by atoms with E-state index in [-0.39, 0.29) is 23.5 Å². The number of nitrogens with zero attached hydrogens (tertiary/aromatic N) is 1. The highest BCUT2D eigenvalue weighted by Gasteiger charge is 2.27. The van der Waals surface area contributed by atoms with Crippen molar-refractivity contribution in [2.24, 2.45) is 5.92 Å². The van der Waals surface area contributed by atoms with Crippen LogP contribution in [0.4, 0.5) is 4.39 Å². The van der Waals surface area contributed by atoms with E-state index in [1.165, 1.54) is 30.2 Å². The van der Waals surface area contributed by atoms with Gasteiger partial charge in [0.2, 0.25) is 0 Å². The number of carbonyl (C=O) groups excluding carboxylic acids is 1. The molecular weight excluding hydrogens is 273 g/mol. The summed E-state index contributed by atoms with van der Waals surface area (Å²) in [4.78, 5) is 14.0. The molecule has 0 heterocycles. The Hall–Kier alpha value is -1.62. The van der Waals surface area contributed by atoms with Gasteiger partial charge in [-0.15, -0.1) is 0 Å². The van der Waals surface area contributed by atoms with Crippen LogP contribution >= 0.6 is 0 Å². The van der Waals surface area contributed by atoms with E-state index >= 15 is 0 Å². The summed E-state index contributed by atoms with van der Waals surface area (Å²) in [6.45, 7) is 0.472. The van der Waals surface area contributed by atoms with Crippen molar-refractivity contribution in [3.05, 3.63) is 29.6 Å². The molecular formula is C16H22FNO3. The second kappa shape index (κ2) is 6.89. The van der Waals surface area contributed by atoms with Gasteiger partial charge in [0.1, 0.15) is 11.6 Å². The van der Waals surface area contributed by atoms with Gasteiger partial charge in [-0.1, -0.05) is 12.8 Å². The normalized spacial score (nSPS) is 21.9. The fourth-order valence-electron chi connectivity index (χ4n) is 2.89. The van der Waals surface area contributed by atoms with E-state index in [0.29, 0.717) is 12.3 Å². The van der Waals surface area contributed by atoms with Crippen LogP contribution in [0.2, 0.25) is 0 Å². The first-order valence-electron chi connectivity index (χ1n) is 7.30. The molecule has 2 atom stereocenters. The van der Waals surface area contributed by atoms with Gasteiger partial charge in [0.05, 0.1) is 18.8 Å². The van der Waals surface area contributed by atoms with E-state index in [2.05, 4.69) is 0 Å². The zero-order valence-electron chi connectivity index (χ0n) is 12.5. The lowest BCUT2D eigenvalue weighted by Gasteiger charge is -2.31. The molecule has 1 aliphatic rings. The number of benzene rings is 1. The van der Waals surface area contributed by atoms with E-state index in [9.17, 15) is 14.3 Å². The molecule has 116 valence electrons. The summed E-state index contributed by atoms with van der Waals surface area (Å²) in [5.41, 5.74) is 0.213. The molecule has 0 aliphatic heterocycles. The number of halogens is 1. The molecule has 0 aromatic heterocycles. The third-order valence-electron chi connectivity index (χ3n) is 4.12. The van der Waals surface area contributed by atoms with Crippen LogP contribution in [0.25, 0.3) is 0 Å². The molecule has 0 spiro atoms. The lowest BCUT2D eigenvalue weighted by Crippen LogP contribution is -2.38. The average Bonchev–Trinajstić information content (AvgIpc) is 2.48. The highest BCUT2D eigenvalue weighted by atomic mass is 19.1. The highest BCUT2D eigenvalue weighted by Crippen LogP contribution is 2.26. The van der Waals surface area contributed by atoms with Gasteiger partial charge in [-0.05, 0) is 31.0 Å². The Morgan fingerprint density at radius 2 is 2.14 bits per heavy atom. The number of carbonyl (C=O) groups is 1. The smallest absolute Gasteiger partial charge is 0.257 e. The van der Waals surface area contributed by atoms with Gasteiger partial charge in [0.25, 0.3) is 5.91 Å². The summed E-state index contributed by atoms with van der Waals surface area (Å²) in [5.74, 6) is -0.306. The standard InChI is InChI=1S/C16H22FNO3/c1-18(10-11-5-3-4-6-14(11)19)16(20)13-9-12(17)7-8-15(13)21-2/h7-9,11,14,19H,3-6,10H2,1-2H3. The van der Waals surface area contributed by atoms with Gasteiger partial charge in [0, 0.05) is 19.5 Å². The molecule has 2 unspecified atom stereocenters. The van der Waals surface area contributed by atoms with Crippen LogP contribution in [-0.4, -0.2) is 42.7 Å². The SMILES string of the molecule is COc1ccc(F)cc1C(=O)N(C)CC1CCCCC1O. The molecule has 21 heavy (non-hydrogen) atoms. The van der Waals surface area contributed by atoms with Crippen molar-refractivity contribution in [2.75, 3.05) is 20.7 Å². The molecule has 1 N–H and O–H groups in total. The molecule has 1 amide bonds. The van der Waals surface area contributed by atoms with Crippen LogP contribution in [0.1, 0.15) is 36.0 Å². The van der Waals surface area contributed by atoms with Gasteiger partial charge < -0.3 is 14.7 Å². The van der Waals surface area contributed by atoms with E-state index in [4.69, 9.17) is 4.74 Å². The number of methoxy groups -OCH3 is 1. The predicted molar refractivity (Wildman–Crippen MR) is 77.9 cm³/mol. The molecule has 0 bridgehead atoms. The minimum absolute atomic E-state index is 0.0901. The van der Waals surface area contributed by atoms with Crippen molar-refractivity contribution in [3.8, 4) is 5.75 Å². The molecule has 1 aromatic carbocycles. The van der Waals surface area contributed by atoms with Crippen LogP contribution in [0.15, 0.2) is 18.2 Å². The number of amides is 1. The zero-order valence-corrected chi connectivity index (χ0v) is 12.5. The predicted octanol–water partition coefficient (Wildman–Crippen LogP) is 2.46. The van der Waals surface area contributed by atoms with Crippen LogP contribution in [0.3, 0.4) is 0 Å². The molecule has 2 rings (SSSR count). The van der Waals surface area contributed by atoms with Crippen LogP contribution in [0, 0.1) is 11.7 Å². The summed E-state index contributed by atoms with van der Waals surface area (Å²) < 4.78 is 18.5. The third kappa shape index (κ3) is 3.73. The summed E-state index contributed by atoms with van der Waals surface area (Å²) in [5, 5.41) is 9.99. The van der Waals surface area contributed by atoms with Gasteiger partial charge in [-0.3, -0.25) is 4.79 Å². The van der Waals surface area contributed by atoms with Crippen molar-refractivity contribution in [2.45, 2.75) is 31.8 Å². The molecule has 0 radical (unpaired) electrons. The van der Waals surface area contributed by atoms with E-state index in [1.807, 2.05) is 0 Å². The molecule has 0 saturated heterocycles. The van der Waals surface area contributed by atoms with Crippen LogP contribution < -0.4 is 4.74 Å². The van der Waals surface area contributed by atoms with Gasteiger partial charge in [-0.2, -0.15) is 0 Å². The monoisotopic (exact) mass is 295 g/mol. The summed E-state index contributed by atoms with van der Waals surface area (Å²) >= 11 is 0. The van der Waals surface area contributed by atoms with E-state index in [1.54, 1.807) is 7.05 Å². The lowest BCUT2D eigenvalue weighted by molar-refractivity contribution is 0.0449. The molecule has 1 fully saturated rings. The Morgan fingerprint density at radius 3 is 2.81 bits per heavy atom. The van der Waals surface area contributed by atoms with Crippen LogP contribution in [-0.2, 0) is 0 Å². The van der Waals surface area contributed by atoms with Gasteiger partial charge in [-0.25, -0.2) is 4.39 Å². The maximum Gasteiger partial charge on any atom is 0.257 e. The first kappa shape index (κ1) is 15.8. The second-order valence-corrected chi connectivity index (χ2v) is 5.64. The lowest BCUT2D eigenvalue weighted by atomic mass is 9.86. The molecule has 1 aromatic rings. The van der Waals surface area contributed by atoms with Crippen molar-refractivity contribution < 1.29 is 19.0 Å². The molecule has 5 heteroatoms. The van der Waals surface area contributed by atoms with E-state index < -0.39 is 5.82 Å². The Balaban J connectivity index is 2.10. The quantitative estimate of drug-likeness (QED) is 0.928. The minimum Gasteiger partial charge on any atom is -0.496 e. The molecule has 1 aliphatic carbocycles. The zero-order chi connectivity index (χ0) is 15.4. The maximum atomic E-state index is 13.4. The number of hydrogen-bond acceptors (Lipinski definition) is 3. The van der Waals surface area contributed by atoms with E-state index in [0.717, 1.165) is 25.7 Å². The number of rotatable bonds is 4. The second-order valence-electron chi connectivity index (χ2n) is 5.64. The Labute approximate surface area is 124 Å². The van der Waals surface area contributed by atoms with Gasteiger partial charge in [0.15, 0.2) is 0 Å². The number of aliphatic hydroxyl groups excluding tert-OH is 1. The third-order valence-corrected chi connectivity index (χ3v) is 4.12. The van der Waals surface area contributed by atoms with Crippen molar-refractivity contribution in [3.63, 3.8) is 0 Å². The maximum absolute atomic E-state index is 13.4. The summed E-state index contributed by atoms with van der Waals surface area (Å²) in [7, 11) is 3.13. The minimum atomic E-state index is -0.467. The molecule has 1 saturated carbocycles. The first-order chi connectivity index (χ1) is 10.0. The summed E-state index contributed by atoms with van der Waals surface area (Å²) in [6.07, 6.45) is 3.46. The topological polar surface area (TPSA) is 49.8 Å². The van der Waals surface area contributed by atoms with Crippen molar-refractivity contribution in [1.82, 2.24) is 4.90 Å². The highest BCUT2D eigenvalue weighted by molar-refractivity contribution is 5.96. The first-order valence-corrected chi connectivity index (χ1v) is 7.30.